The van der Waals surface area contributed by atoms with Gasteiger partial charge in [-0.15, -0.1) is 0 Å². The monoisotopic (exact) mass is 382 g/mol. The molecule has 29 heavy (non-hydrogen) atoms. The highest BCUT2D eigenvalue weighted by molar-refractivity contribution is 5.81. The molecule has 7 nitrogen and oxygen atoms in total. The number of pyridine rings is 1. The fourth-order valence-electron chi connectivity index (χ4n) is 3.27. The van der Waals surface area contributed by atoms with Crippen LogP contribution in [0.3, 0.4) is 0 Å². The van der Waals surface area contributed by atoms with Crippen LogP contribution >= 0.6 is 0 Å². The van der Waals surface area contributed by atoms with Crippen molar-refractivity contribution in [3.05, 3.63) is 72.4 Å². The Morgan fingerprint density at radius 1 is 0.966 bits per heavy atom. The second-order valence-electron chi connectivity index (χ2n) is 6.42. The lowest BCUT2D eigenvalue weighted by Gasteiger charge is -2.06. The van der Waals surface area contributed by atoms with E-state index >= 15 is 0 Å². The molecule has 0 radical (unpaired) electrons. The van der Waals surface area contributed by atoms with E-state index in [4.69, 9.17) is 19.7 Å². The molecule has 3 heterocycles. The molecule has 5 rings (SSSR count). The number of imidazole rings is 1. The van der Waals surface area contributed by atoms with Crippen LogP contribution in [0.25, 0.3) is 34.0 Å². The number of hydrogen-bond acceptors (Lipinski definition) is 6. The zero-order valence-corrected chi connectivity index (χ0v) is 15.1. The summed E-state index contributed by atoms with van der Waals surface area (Å²) in [7, 11) is 0. The molecule has 0 unspecified atom stereocenters. The molecule has 0 saturated carbocycles. The standard InChI is InChI=1S/C22H14N4O3/c23-12-14-4-6-15(7-5-14)22-25-20(16-8-9-18-19(11-16)29-13-28-18)21(26(22)27)17-3-1-2-10-24-17/h1-11,27H,13H2. The average Bonchev–Trinajstić information content (AvgIpc) is 3.38. The summed E-state index contributed by atoms with van der Waals surface area (Å²) in [4.78, 5) is 9.08. The fraction of sp³-hybridized carbons (Fsp3) is 0.0455. The Bertz CT molecular complexity index is 1240. The van der Waals surface area contributed by atoms with Gasteiger partial charge in [0.05, 0.1) is 17.3 Å². The van der Waals surface area contributed by atoms with Gasteiger partial charge >= 0.3 is 0 Å². The van der Waals surface area contributed by atoms with Gasteiger partial charge in [0.25, 0.3) is 0 Å². The van der Waals surface area contributed by atoms with E-state index in [9.17, 15) is 5.21 Å². The molecule has 0 bridgehead atoms. The van der Waals surface area contributed by atoms with E-state index in [0.717, 1.165) is 10.3 Å². The van der Waals surface area contributed by atoms with E-state index in [1.165, 1.54) is 0 Å². The first kappa shape index (κ1) is 16.8. The van der Waals surface area contributed by atoms with Crippen molar-refractivity contribution in [2.75, 3.05) is 6.79 Å². The number of hydrogen-bond donors (Lipinski definition) is 1. The van der Waals surface area contributed by atoms with Crippen LogP contribution in [0.2, 0.25) is 0 Å². The minimum absolute atomic E-state index is 0.177. The van der Waals surface area contributed by atoms with E-state index < -0.39 is 0 Å². The molecule has 1 aliphatic heterocycles. The minimum Gasteiger partial charge on any atom is -0.454 e. The van der Waals surface area contributed by atoms with E-state index in [-0.39, 0.29) is 6.79 Å². The number of ether oxygens (including phenoxy) is 2. The normalized spacial score (nSPS) is 12.0. The van der Waals surface area contributed by atoms with Gasteiger partial charge in [-0.3, -0.25) is 4.98 Å². The molecule has 4 aromatic rings. The van der Waals surface area contributed by atoms with Crippen molar-refractivity contribution >= 4 is 0 Å². The van der Waals surface area contributed by atoms with Gasteiger partial charge in [-0.2, -0.15) is 9.99 Å². The van der Waals surface area contributed by atoms with Crippen LogP contribution in [0.1, 0.15) is 5.56 Å². The van der Waals surface area contributed by atoms with Crippen molar-refractivity contribution in [3.8, 4) is 51.6 Å². The van der Waals surface area contributed by atoms with Crippen molar-refractivity contribution in [3.63, 3.8) is 0 Å². The molecule has 0 atom stereocenters. The SMILES string of the molecule is N#Cc1ccc(-c2nc(-c3ccc4c(c3)OCO4)c(-c3ccccn3)n2O)cc1. The van der Waals surface area contributed by atoms with Crippen molar-refractivity contribution in [1.82, 2.24) is 14.7 Å². The molecule has 0 saturated heterocycles. The second-order valence-corrected chi connectivity index (χ2v) is 6.42. The zero-order chi connectivity index (χ0) is 19.8. The predicted molar refractivity (Wildman–Crippen MR) is 104 cm³/mol. The van der Waals surface area contributed by atoms with E-state index in [1.54, 1.807) is 30.5 Å². The van der Waals surface area contributed by atoms with Crippen LogP contribution in [0.5, 0.6) is 11.5 Å². The van der Waals surface area contributed by atoms with Gasteiger partial charge in [0.2, 0.25) is 6.79 Å². The molecular formula is C22H14N4O3. The lowest BCUT2D eigenvalue weighted by molar-refractivity contribution is 0.174. The van der Waals surface area contributed by atoms with Gasteiger partial charge in [0.1, 0.15) is 11.4 Å². The highest BCUT2D eigenvalue weighted by Crippen LogP contribution is 2.39. The Balaban J connectivity index is 1.72. The molecule has 1 aliphatic rings. The van der Waals surface area contributed by atoms with E-state index in [2.05, 4.69) is 11.1 Å². The molecule has 0 aliphatic carbocycles. The Kier molecular flexibility index (Phi) is 3.88. The Labute approximate surface area is 166 Å². The quantitative estimate of drug-likeness (QED) is 0.536. The smallest absolute Gasteiger partial charge is 0.231 e. The molecule has 1 N–H and O–H groups in total. The third-order valence-electron chi connectivity index (χ3n) is 4.68. The summed E-state index contributed by atoms with van der Waals surface area (Å²) in [6, 6.07) is 19.9. The average molecular weight is 382 g/mol. The second kappa shape index (κ2) is 6.69. The van der Waals surface area contributed by atoms with Gasteiger partial charge in [0.15, 0.2) is 17.3 Å². The highest BCUT2D eigenvalue weighted by Gasteiger charge is 2.23. The first-order valence-corrected chi connectivity index (χ1v) is 8.88. The first-order chi connectivity index (χ1) is 14.2. The van der Waals surface area contributed by atoms with Gasteiger partial charge in [0, 0.05) is 17.3 Å². The van der Waals surface area contributed by atoms with Crippen LogP contribution in [0, 0.1) is 11.3 Å². The van der Waals surface area contributed by atoms with Crippen LogP contribution < -0.4 is 9.47 Å². The first-order valence-electron chi connectivity index (χ1n) is 8.88. The number of rotatable bonds is 3. The Morgan fingerprint density at radius 2 is 1.76 bits per heavy atom. The molecule has 2 aromatic carbocycles. The lowest BCUT2D eigenvalue weighted by atomic mass is 10.1. The van der Waals surface area contributed by atoms with E-state index in [0.29, 0.717) is 45.5 Å². The molecule has 7 heteroatoms. The topological polar surface area (TPSA) is 93.2 Å². The molecular weight excluding hydrogens is 368 g/mol. The number of nitrogens with zero attached hydrogens (tertiary/aromatic N) is 4. The number of nitriles is 1. The summed E-state index contributed by atoms with van der Waals surface area (Å²) < 4.78 is 11.9. The molecule has 2 aromatic heterocycles. The third kappa shape index (κ3) is 2.84. The number of fused-ring (bicyclic) bond motifs is 1. The predicted octanol–water partition coefficient (Wildman–Crippen LogP) is 4.12. The lowest BCUT2D eigenvalue weighted by Crippen LogP contribution is -1.98. The van der Waals surface area contributed by atoms with Crippen molar-refractivity contribution in [2.24, 2.45) is 0 Å². The van der Waals surface area contributed by atoms with Gasteiger partial charge < -0.3 is 14.7 Å². The maximum atomic E-state index is 11.0. The van der Waals surface area contributed by atoms with Gasteiger partial charge in [-0.25, -0.2) is 4.98 Å². The van der Waals surface area contributed by atoms with Crippen molar-refractivity contribution < 1.29 is 14.7 Å². The summed E-state index contributed by atoms with van der Waals surface area (Å²) in [6.07, 6.45) is 1.66. The Morgan fingerprint density at radius 3 is 2.52 bits per heavy atom. The summed E-state index contributed by atoms with van der Waals surface area (Å²) in [5, 5.41) is 20.0. The maximum absolute atomic E-state index is 11.0. The van der Waals surface area contributed by atoms with Crippen molar-refractivity contribution in [2.45, 2.75) is 0 Å². The van der Waals surface area contributed by atoms with Crippen LogP contribution in [0.15, 0.2) is 66.9 Å². The third-order valence-corrected chi connectivity index (χ3v) is 4.68. The maximum Gasteiger partial charge on any atom is 0.231 e. The van der Waals surface area contributed by atoms with Gasteiger partial charge in [-0.1, -0.05) is 6.07 Å². The van der Waals surface area contributed by atoms with Gasteiger partial charge in [-0.05, 0) is 54.6 Å². The van der Waals surface area contributed by atoms with Crippen LogP contribution in [-0.2, 0) is 0 Å². The molecule has 0 fully saturated rings. The fourth-order valence-corrected chi connectivity index (χ4v) is 3.27. The van der Waals surface area contributed by atoms with Crippen molar-refractivity contribution in [1.29, 1.82) is 5.26 Å². The summed E-state index contributed by atoms with van der Waals surface area (Å²) in [5.41, 5.74) is 3.57. The molecule has 0 amide bonds. The van der Waals surface area contributed by atoms with E-state index in [1.807, 2.05) is 36.4 Å². The minimum atomic E-state index is 0.177. The largest absolute Gasteiger partial charge is 0.454 e. The van der Waals surface area contributed by atoms with Crippen LogP contribution in [-0.4, -0.2) is 26.7 Å². The van der Waals surface area contributed by atoms with Crippen LogP contribution in [0.4, 0.5) is 0 Å². The highest BCUT2D eigenvalue weighted by atomic mass is 16.7. The summed E-state index contributed by atoms with van der Waals surface area (Å²) in [6.45, 7) is 0.177. The summed E-state index contributed by atoms with van der Waals surface area (Å²) >= 11 is 0. The molecule has 140 valence electrons. The summed E-state index contributed by atoms with van der Waals surface area (Å²) in [5.74, 6) is 1.65. The zero-order valence-electron chi connectivity index (χ0n) is 15.1. The number of aromatic nitrogens is 3. The number of benzene rings is 2. The Hall–Kier alpha value is -4.31. The molecule has 0 spiro atoms.